The van der Waals surface area contributed by atoms with Crippen molar-refractivity contribution >= 4 is 23.0 Å². The molecule has 0 fully saturated rings. The Hall–Kier alpha value is -1.85. The molecule has 0 heterocycles. The Morgan fingerprint density at radius 3 is 2.79 bits per heavy atom. The van der Waals surface area contributed by atoms with E-state index in [0.29, 0.717) is 6.07 Å². The van der Waals surface area contributed by atoms with Gasteiger partial charge in [-0.05, 0) is 11.6 Å². The van der Waals surface area contributed by atoms with Gasteiger partial charge < -0.3 is 0 Å². The molecule has 1 aromatic carbocycles. The molecule has 0 unspecified atom stereocenters. The van der Waals surface area contributed by atoms with Gasteiger partial charge in [-0.1, -0.05) is 16.7 Å². The van der Waals surface area contributed by atoms with Crippen molar-refractivity contribution in [2.24, 2.45) is 5.11 Å². The Labute approximate surface area is 81.7 Å². The second-order valence-corrected chi connectivity index (χ2v) is 2.61. The van der Waals surface area contributed by atoms with Crippen molar-refractivity contribution in [1.82, 2.24) is 0 Å². The van der Waals surface area contributed by atoms with Crippen molar-refractivity contribution in [3.05, 3.63) is 43.5 Å². The third-order valence-corrected chi connectivity index (χ3v) is 1.66. The average molecular weight is 217 g/mol. The van der Waals surface area contributed by atoms with Gasteiger partial charge in [-0.15, -0.1) is 0 Å². The lowest BCUT2D eigenvalue weighted by Crippen LogP contribution is -1.89. The molecule has 72 valence electrons. The Bertz CT molecular complexity index is 417. The first-order valence-electron chi connectivity index (χ1n) is 3.25. The molecule has 1 aromatic rings. The minimum Gasteiger partial charge on any atom is -0.258 e. The SMILES string of the molecule is [N-]=[N+]=Nc1cc(F)c(Cl)cc1[N+](=O)[O-]. The maximum absolute atomic E-state index is 12.8. The highest BCUT2D eigenvalue weighted by Crippen LogP contribution is 2.32. The van der Waals surface area contributed by atoms with Crippen LogP contribution in [0.4, 0.5) is 15.8 Å². The van der Waals surface area contributed by atoms with E-state index in [2.05, 4.69) is 10.0 Å². The molecule has 0 N–H and O–H groups in total. The summed E-state index contributed by atoms with van der Waals surface area (Å²) < 4.78 is 12.8. The zero-order valence-corrected chi connectivity index (χ0v) is 7.27. The van der Waals surface area contributed by atoms with Gasteiger partial charge in [0.15, 0.2) is 0 Å². The molecule has 0 atom stereocenters. The first kappa shape index (κ1) is 10.2. The Kier molecular flexibility index (Phi) is 2.85. The van der Waals surface area contributed by atoms with Crippen molar-refractivity contribution in [3.8, 4) is 0 Å². The van der Waals surface area contributed by atoms with Crippen molar-refractivity contribution in [1.29, 1.82) is 0 Å². The lowest BCUT2D eigenvalue weighted by Gasteiger charge is -1.97. The van der Waals surface area contributed by atoms with E-state index in [1.165, 1.54) is 0 Å². The predicted molar refractivity (Wildman–Crippen MR) is 46.9 cm³/mol. The van der Waals surface area contributed by atoms with E-state index >= 15 is 0 Å². The fourth-order valence-corrected chi connectivity index (χ4v) is 0.958. The molecule has 8 heteroatoms. The van der Waals surface area contributed by atoms with Gasteiger partial charge in [0.2, 0.25) is 0 Å². The molecule has 1 rings (SSSR count). The summed E-state index contributed by atoms with van der Waals surface area (Å²) in [5.74, 6) is -0.875. The van der Waals surface area contributed by atoms with Crippen LogP contribution < -0.4 is 0 Å². The molecule has 0 saturated carbocycles. The van der Waals surface area contributed by atoms with E-state index in [1.54, 1.807) is 0 Å². The molecular formula is C6H2ClFN4O2. The van der Waals surface area contributed by atoms with E-state index in [4.69, 9.17) is 17.1 Å². The van der Waals surface area contributed by atoms with Crippen LogP contribution in [0, 0.1) is 15.9 Å². The molecule has 0 aliphatic heterocycles. The summed E-state index contributed by atoms with van der Waals surface area (Å²) >= 11 is 5.32. The summed E-state index contributed by atoms with van der Waals surface area (Å²) in [5.41, 5.74) is 7.13. The number of azide groups is 1. The van der Waals surface area contributed by atoms with E-state index in [1.807, 2.05) is 0 Å². The third kappa shape index (κ3) is 1.90. The molecule has 0 saturated heterocycles. The molecule has 0 aromatic heterocycles. The topological polar surface area (TPSA) is 91.9 Å². The van der Waals surface area contributed by atoms with Crippen LogP contribution in [0.1, 0.15) is 0 Å². The standard InChI is InChI=1S/C6H2ClFN4O2/c7-3-1-6(12(13)14)5(10-11-9)2-4(3)8/h1-2H. The maximum atomic E-state index is 12.8. The molecule has 0 aliphatic rings. The fourth-order valence-electron chi connectivity index (χ4n) is 0.800. The number of halogens is 2. The number of benzene rings is 1. The summed E-state index contributed by atoms with van der Waals surface area (Å²) in [5, 5.41) is 13.0. The van der Waals surface area contributed by atoms with E-state index < -0.39 is 27.1 Å². The van der Waals surface area contributed by atoms with Crippen LogP contribution in [0.3, 0.4) is 0 Å². The van der Waals surface area contributed by atoms with Crippen molar-refractivity contribution < 1.29 is 9.31 Å². The van der Waals surface area contributed by atoms with Crippen LogP contribution >= 0.6 is 11.6 Å². The van der Waals surface area contributed by atoms with Gasteiger partial charge in [-0.2, -0.15) is 0 Å². The average Bonchev–Trinajstić information content (AvgIpc) is 2.11. The fraction of sp³-hybridized carbons (Fsp3) is 0. The Morgan fingerprint density at radius 2 is 2.29 bits per heavy atom. The number of nitrogens with zero attached hydrogens (tertiary/aromatic N) is 4. The van der Waals surface area contributed by atoms with Gasteiger partial charge >= 0.3 is 0 Å². The zero-order valence-electron chi connectivity index (χ0n) is 6.52. The first-order valence-corrected chi connectivity index (χ1v) is 3.62. The van der Waals surface area contributed by atoms with E-state index in [0.717, 1.165) is 6.07 Å². The van der Waals surface area contributed by atoms with E-state index in [9.17, 15) is 14.5 Å². The number of nitro benzene ring substituents is 1. The summed E-state index contributed by atoms with van der Waals surface area (Å²) in [6.45, 7) is 0. The molecular weight excluding hydrogens is 215 g/mol. The minimum atomic E-state index is -0.875. The summed E-state index contributed by atoms with van der Waals surface area (Å²) in [6, 6.07) is 1.50. The van der Waals surface area contributed by atoms with Gasteiger partial charge in [0.25, 0.3) is 5.69 Å². The minimum absolute atomic E-state index is 0.395. The van der Waals surface area contributed by atoms with Crippen molar-refractivity contribution in [2.45, 2.75) is 0 Å². The van der Waals surface area contributed by atoms with Crippen LogP contribution in [0.25, 0.3) is 10.4 Å². The van der Waals surface area contributed by atoms with Gasteiger partial charge in [0.1, 0.15) is 11.5 Å². The lowest BCUT2D eigenvalue weighted by molar-refractivity contribution is -0.384. The highest BCUT2D eigenvalue weighted by molar-refractivity contribution is 6.31. The van der Waals surface area contributed by atoms with Crippen LogP contribution in [-0.2, 0) is 0 Å². The third-order valence-electron chi connectivity index (χ3n) is 1.37. The van der Waals surface area contributed by atoms with Gasteiger partial charge in [-0.3, -0.25) is 10.1 Å². The molecule has 0 spiro atoms. The molecule has 0 bridgehead atoms. The van der Waals surface area contributed by atoms with Gasteiger partial charge in [-0.25, -0.2) is 4.39 Å². The smallest absolute Gasteiger partial charge is 0.258 e. The predicted octanol–water partition coefficient (Wildman–Crippen LogP) is 3.33. The Morgan fingerprint density at radius 1 is 1.64 bits per heavy atom. The Balaban J connectivity index is 3.45. The molecule has 0 radical (unpaired) electrons. The second-order valence-electron chi connectivity index (χ2n) is 2.20. The number of rotatable bonds is 2. The van der Waals surface area contributed by atoms with Crippen LogP contribution in [0.15, 0.2) is 17.2 Å². The quantitative estimate of drug-likeness (QED) is 0.249. The molecule has 6 nitrogen and oxygen atoms in total. The van der Waals surface area contributed by atoms with E-state index in [-0.39, 0.29) is 0 Å². The number of hydrogen-bond acceptors (Lipinski definition) is 3. The normalized spacial score (nSPS) is 9.29. The molecule has 0 amide bonds. The monoisotopic (exact) mass is 216 g/mol. The maximum Gasteiger partial charge on any atom is 0.280 e. The van der Waals surface area contributed by atoms with Crippen LogP contribution in [0.2, 0.25) is 5.02 Å². The van der Waals surface area contributed by atoms with Crippen LogP contribution in [0.5, 0.6) is 0 Å². The van der Waals surface area contributed by atoms with Crippen LogP contribution in [-0.4, -0.2) is 4.92 Å². The highest BCUT2D eigenvalue weighted by Gasteiger charge is 2.16. The lowest BCUT2D eigenvalue weighted by atomic mass is 10.2. The molecule has 0 aliphatic carbocycles. The first-order chi connectivity index (χ1) is 6.56. The van der Waals surface area contributed by atoms with Crippen molar-refractivity contribution in [2.75, 3.05) is 0 Å². The number of nitro groups is 1. The number of hydrogen-bond donors (Lipinski definition) is 0. The summed E-state index contributed by atoms with van der Waals surface area (Å²) in [4.78, 5) is 11.9. The zero-order chi connectivity index (χ0) is 10.7. The van der Waals surface area contributed by atoms with Gasteiger partial charge in [0.05, 0.1) is 9.95 Å². The largest absolute Gasteiger partial charge is 0.280 e. The van der Waals surface area contributed by atoms with Crippen molar-refractivity contribution in [3.63, 3.8) is 0 Å². The molecule has 14 heavy (non-hydrogen) atoms. The second kappa shape index (κ2) is 3.91. The highest BCUT2D eigenvalue weighted by atomic mass is 35.5. The summed E-state index contributed by atoms with van der Waals surface area (Å²) in [6.07, 6.45) is 0. The summed E-state index contributed by atoms with van der Waals surface area (Å²) in [7, 11) is 0. The van der Waals surface area contributed by atoms with Gasteiger partial charge in [0, 0.05) is 11.0 Å².